The van der Waals surface area contributed by atoms with Crippen molar-refractivity contribution in [2.24, 2.45) is 5.16 Å². The quantitative estimate of drug-likeness (QED) is 0.876. The maximum atomic E-state index is 12.5. The first-order valence-corrected chi connectivity index (χ1v) is 8.11. The fraction of sp³-hybridized carbons (Fsp3) is 0.263. The van der Waals surface area contributed by atoms with E-state index in [0.29, 0.717) is 24.5 Å². The van der Waals surface area contributed by atoms with Crippen molar-refractivity contribution in [3.63, 3.8) is 0 Å². The number of para-hydroxylation sites is 2. The van der Waals surface area contributed by atoms with Crippen molar-refractivity contribution < 1.29 is 19.1 Å². The lowest BCUT2D eigenvalue weighted by atomic mass is 10.0. The van der Waals surface area contributed by atoms with Gasteiger partial charge in [-0.3, -0.25) is 4.79 Å². The van der Waals surface area contributed by atoms with E-state index in [0.717, 1.165) is 17.0 Å². The Morgan fingerprint density at radius 1 is 1.24 bits per heavy atom. The Bertz CT molecular complexity index is 771. The summed E-state index contributed by atoms with van der Waals surface area (Å²) in [5, 5.41) is 6.89. The normalized spacial score (nSPS) is 15.9. The molecule has 1 atom stereocenters. The van der Waals surface area contributed by atoms with Crippen LogP contribution in [0.25, 0.3) is 0 Å². The highest BCUT2D eigenvalue weighted by Gasteiger charge is 2.29. The van der Waals surface area contributed by atoms with Gasteiger partial charge < -0.3 is 19.6 Å². The van der Waals surface area contributed by atoms with Crippen molar-refractivity contribution >= 4 is 17.3 Å². The summed E-state index contributed by atoms with van der Waals surface area (Å²) in [5.41, 5.74) is 2.27. The number of nitrogens with one attached hydrogen (secondary N) is 1. The molecule has 6 nitrogen and oxygen atoms in total. The van der Waals surface area contributed by atoms with Crippen LogP contribution < -0.4 is 14.8 Å². The summed E-state index contributed by atoms with van der Waals surface area (Å²) in [6, 6.07) is 14.8. The van der Waals surface area contributed by atoms with E-state index < -0.39 is 6.10 Å². The number of methoxy groups -OCH3 is 1. The minimum Gasteiger partial charge on any atom is -0.497 e. The summed E-state index contributed by atoms with van der Waals surface area (Å²) < 4.78 is 10.7. The van der Waals surface area contributed by atoms with Crippen molar-refractivity contribution in [2.45, 2.75) is 19.4 Å². The van der Waals surface area contributed by atoms with Crippen LogP contribution in [0.1, 0.15) is 18.9 Å². The number of oxime groups is 1. The first kappa shape index (κ1) is 16.8. The number of hydrogen-bond acceptors (Lipinski definition) is 5. The standard InChI is InChI=1S/C19H20N2O4/c1-3-24-17-7-5-4-6-15(17)20-19(22)18-12-16(21-25-18)13-8-10-14(23-2)11-9-13/h4-11,18H,3,12H2,1-2H3,(H,20,22). The molecule has 1 aliphatic heterocycles. The molecule has 6 heteroatoms. The first-order chi connectivity index (χ1) is 12.2. The Balaban J connectivity index is 1.63. The van der Waals surface area contributed by atoms with Gasteiger partial charge in [0.1, 0.15) is 11.5 Å². The summed E-state index contributed by atoms with van der Waals surface area (Å²) >= 11 is 0. The molecule has 1 N–H and O–H groups in total. The lowest BCUT2D eigenvalue weighted by molar-refractivity contribution is -0.125. The Kier molecular flexibility index (Phi) is 5.18. The van der Waals surface area contributed by atoms with Gasteiger partial charge in [-0.05, 0) is 48.9 Å². The number of carbonyl (C=O) groups excluding carboxylic acids is 1. The third-order valence-electron chi connectivity index (χ3n) is 3.83. The number of amides is 1. The molecular formula is C19H20N2O4. The zero-order valence-electron chi connectivity index (χ0n) is 14.2. The van der Waals surface area contributed by atoms with Crippen molar-refractivity contribution in [2.75, 3.05) is 19.0 Å². The van der Waals surface area contributed by atoms with Gasteiger partial charge in [0, 0.05) is 6.42 Å². The van der Waals surface area contributed by atoms with E-state index in [1.807, 2.05) is 49.4 Å². The Morgan fingerprint density at radius 2 is 2.00 bits per heavy atom. The second-order valence-corrected chi connectivity index (χ2v) is 5.48. The molecule has 0 saturated carbocycles. The summed E-state index contributed by atoms with van der Waals surface area (Å²) in [4.78, 5) is 17.8. The SMILES string of the molecule is CCOc1ccccc1NC(=O)C1CC(c2ccc(OC)cc2)=NO1. The van der Waals surface area contributed by atoms with E-state index in [1.165, 1.54) is 0 Å². The van der Waals surface area contributed by atoms with Gasteiger partial charge in [-0.2, -0.15) is 0 Å². The zero-order chi connectivity index (χ0) is 17.6. The third kappa shape index (κ3) is 3.91. The summed E-state index contributed by atoms with van der Waals surface area (Å²) in [7, 11) is 1.62. The van der Waals surface area contributed by atoms with Gasteiger partial charge in [0.25, 0.3) is 5.91 Å². The Labute approximate surface area is 146 Å². The van der Waals surface area contributed by atoms with Crippen LogP contribution in [-0.2, 0) is 9.63 Å². The van der Waals surface area contributed by atoms with E-state index in [2.05, 4.69) is 10.5 Å². The molecule has 2 aromatic rings. The van der Waals surface area contributed by atoms with Crippen LogP contribution in [0.2, 0.25) is 0 Å². The van der Waals surface area contributed by atoms with Crippen molar-refractivity contribution in [1.29, 1.82) is 0 Å². The molecule has 1 heterocycles. The maximum absolute atomic E-state index is 12.5. The highest BCUT2D eigenvalue weighted by molar-refractivity contribution is 6.06. The van der Waals surface area contributed by atoms with Crippen LogP contribution in [-0.4, -0.2) is 31.4 Å². The number of rotatable bonds is 6. The van der Waals surface area contributed by atoms with Crippen LogP contribution in [0.3, 0.4) is 0 Å². The smallest absolute Gasteiger partial charge is 0.268 e. The third-order valence-corrected chi connectivity index (χ3v) is 3.83. The number of anilines is 1. The fourth-order valence-electron chi connectivity index (χ4n) is 2.54. The molecule has 0 aliphatic carbocycles. The maximum Gasteiger partial charge on any atom is 0.268 e. The van der Waals surface area contributed by atoms with Crippen LogP contribution in [0.4, 0.5) is 5.69 Å². The molecule has 1 aliphatic rings. The molecule has 1 amide bonds. The van der Waals surface area contributed by atoms with E-state index >= 15 is 0 Å². The summed E-state index contributed by atoms with van der Waals surface area (Å²) in [5.74, 6) is 1.15. The lowest BCUT2D eigenvalue weighted by Gasteiger charge is -2.13. The van der Waals surface area contributed by atoms with E-state index in [4.69, 9.17) is 14.3 Å². The number of ether oxygens (including phenoxy) is 2. The molecule has 0 fully saturated rings. The molecule has 130 valence electrons. The van der Waals surface area contributed by atoms with Crippen LogP contribution in [0, 0.1) is 0 Å². The highest BCUT2D eigenvalue weighted by Crippen LogP contribution is 2.25. The van der Waals surface area contributed by atoms with E-state index in [-0.39, 0.29) is 5.91 Å². The molecular weight excluding hydrogens is 320 g/mol. The second kappa shape index (κ2) is 7.70. The van der Waals surface area contributed by atoms with Crippen molar-refractivity contribution in [3.05, 3.63) is 54.1 Å². The molecule has 0 bridgehead atoms. The minimum absolute atomic E-state index is 0.251. The molecule has 0 spiro atoms. The minimum atomic E-state index is -0.660. The summed E-state index contributed by atoms with van der Waals surface area (Å²) in [6.07, 6.45) is -0.249. The van der Waals surface area contributed by atoms with Gasteiger partial charge in [-0.15, -0.1) is 0 Å². The van der Waals surface area contributed by atoms with Crippen molar-refractivity contribution in [1.82, 2.24) is 0 Å². The number of carbonyl (C=O) groups is 1. The van der Waals surface area contributed by atoms with Gasteiger partial charge >= 0.3 is 0 Å². The number of benzene rings is 2. The van der Waals surface area contributed by atoms with Crippen LogP contribution >= 0.6 is 0 Å². The average molecular weight is 340 g/mol. The highest BCUT2D eigenvalue weighted by atomic mass is 16.6. The Hall–Kier alpha value is -3.02. The average Bonchev–Trinajstić information content (AvgIpc) is 3.14. The predicted molar refractivity (Wildman–Crippen MR) is 95.3 cm³/mol. The van der Waals surface area contributed by atoms with Crippen LogP contribution in [0.15, 0.2) is 53.7 Å². The molecule has 2 aromatic carbocycles. The van der Waals surface area contributed by atoms with Gasteiger partial charge in [-0.25, -0.2) is 0 Å². The topological polar surface area (TPSA) is 69.2 Å². The van der Waals surface area contributed by atoms with Crippen molar-refractivity contribution in [3.8, 4) is 11.5 Å². The number of nitrogens with zero attached hydrogens (tertiary/aromatic N) is 1. The molecule has 3 rings (SSSR count). The van der Waals surface area contributed by atoms with Gasteiger partial charge in [0.15, 0.2) is 0 Å². The zero-order valence-corrected chi connectivity index (χ0v) is 14.2. The fourth-order valence-corrected chi connectivity index (χ4v) is 2.54. The largest absolute Gasteiger partial charge is 0.497 e. The molecule has 0 aromatic heterocycles. The summed E-state index contributed by atoms with van der Waals surface area (Å²) in [6.45, 7) is 2.42. The monoisotopic (exact) mass is 340 g/mol. The Morgan fingerprint density at radius 3 is 2.72 bits per heavy atom. The molecule has 0 radical (unpaired) electrons. The lowest BCUT2D eigenvalue weighted by Crippen LogP contribution is -2.28. The van der Waals surface area contributed by atoms with E-state index in [1.54, 1.807) is 13.2 Å². The van der Waals surface area contributed by atoms with Gasteiger partial charge in [0.05, 0.1) is 25.1 Å². The molecule has 1 unspecified atom stereocenters. The van der Waals surface area contributed by atoms with E-state index in [9.17, 15) is 4.79 Å². The number of hydrogen-bond donors (Lipinski definition) is 1. The van der Waals surface area contributed by atoms with Gasteiger partial charge in [-0.1, -0.05) is 17.3 Å². The molecule has 25 heavy (non-hydrogen) atoms. The first-order valence-electron chi connectivity index (χ1n) is 8.11. The van der Waals surface area contributed by atoms with Crippen LogP contribution in [0.5, 0.6) is 11.5 Å². The molecule has 0 saturated heterocycles. The predicted octanol–water partition coefficient (Wildman–Crippen LogP) is 3.23. The second-order valence-electron chi connectivity index (χ2n) is 5.48. The van der Waals surface area contributed by atoms with Gasteiger partial charge in [0.2, 0.25) is 6.10 Å².